The van der Waals surface area contributed by atoms with Crippen LogP contribution in [0, 0.1) is 10.1 Å². The molecule has 1 fully saturated rings. The highest BCUT2D eigenvalue weighted by Crippen LogP contribution is 2.27. The molecule has 0 aromatic heterocycles. The summed E-state index contributed by atoms with van der Waals surface area (Å²) in [5.41, 5.74) is 0.749. The van der Waals surface area contributed by atoms with Gasteiger partial charge in [0.05, 0.1) is 20.5 Å². The van der Waals surface area contributed by atoms with Gasteiger partial charge < -0.3 is 4.90 Å². The van der Waals surface area contributed by atoms with Crippen LogP contribution in [0.5, 0.6) is 0 Å². The molecule has 0 spiro atoms. The minimum absolute atomic E-state index is 0.0595. The monoisotopic (exact) mass is 381 g/mol. The molecule has 7 nitrogen and oxygen atoms in total. The van der Waals surface area contributed by atoms with E-state index >= 15 is 0 Å². The molecule has 0 unspecified atom stereocenters. The Balaban J connectivity index is 1.73. The van der Waals surface area contributed by atoms with Gasteiger partial charge in [-0.2, -0.15) is 4.31 Å². The standard InChI is InChI=1S/C16H16ClN3O4S/c17-15-3-1-2-4-16(15)18-9-11-19(12-10-18)25(23,24)14-7-5-13(6-8-14)20(21)22/h1-8H,9-12H2. The fraction of sp³-hybridized carbons (Fsp3) is 0.250. The SMILES string of the molecule is O=[N+]([O-])c1ccc(S(=O)(=O)N2CCN(c3ccccc3Cl)CC2)cc1. The summed E-state index contributed by atoms with van der Waals surface area (Å²) in [7, 11) is -3.67. The van der Waals surface area contributed by atoms with E-state index in [1.165, 1.54) is 28.6 Å². The molecule has 2 aromatic carbocycles. The van der Waals surface area contributed by atoms with Crippen LogP contribution in [-0.4, -0.2) is 43.8 Å². The minimum atomic E-state index is -3.67. The molecular weight excluding hydrogens is 366 g/mol. The molecule has 0 radical (unpaired) electrons. The molecule has 9 heteroatoms. The first-order valence-electron chi connectivity index (χ1n) is 7.64. The van der Waals surface area contributed by atoms with E-state index in [1.807, 2.05) is 23.1 Å². The van der Waals surface area contributed by atoms with Gasteiger partial charge in [-0.25, -0.2) is 8.42 Å². The zero-order chi connectivity index (χ0) is 18.0. The number of sulfonamides is 1. The predicted molar refractivity (Wildman–Crippen MR) is 95.5 cm³/mol. The summed E-state index contributed by atoms with van der Waals surface area (Å²) in [6.07, 6.45) is 0. The Hall–Kier alpha value is -2.16. The lowest BCUT2D eigenvalue weighted by Gasteiger charge is -2.35. The molecule has 0 N–H and O–H groups in total. The van der Waals surface area contributed by atoms with Crippen molar-refractivity contribution in [2.75, 3.05) is 31.1 Å². The number of halogens is 1. The second kappa shape index (κ2) is 6.99. The number of nitro groups is 1. The zero-order valence-corrected chi connectivity index (χ0v) is 14.8. The van der Waals surface area contributed by atoms with Crippen LogP contribution in [0.3, 0.4) is 0 Å². The molecule has 1 saturated heterocycles. The first-order chi connectivity index (χ1) is 11.9. The molecule has 25 heavy (non-hydrogen) atoms. The van der Waals surface area contributed by atoms with E-state index in [-0.39, 0.29) is 10.6 Å². The topological polar surface area (TPSA) is 83.8 Å². The van der Waals surface area contributed by atoms with Crippen LogP contribution < -0.4 is 4.90 Å². The molecule has 2 aromatic rings. The van der Waals surface area contributed by atoms with Gasteiger partial charge in [0.25, 0.3) is 5.69 Å². The number of non-ortho nitro benzene ring substituents is 1. The van der Waals surface area contributed by atoms with Crippen molar-refractivity contribution in [3.63, 3.8) is 0 Å². The summed E-state index contributed by atoms with van der Waals surface area (Å²) in [4.78, 5) is 12.2. The lowest BCUT2D eigenvalue weighted by atomic mass is 10.2. The van der Waals surface area contributed by atoms with Crippen molar-refractivity contribution < 1.29 is 13.3 Å². The summed E-state index contributed by atoms with van der Waals surface area (Å²) in [6, 6.07) is 12.4. The molecule has 1 heterocycles. The molecule has 0 amide bonds. The normalized spacial score (nSPS) is 16.0. The second-order valence-electron chi connectivity index (χ2n) is 5.59. The van der Waals surface area contributed by atoms with Crippen molar-refractivity contribution >= 4 is 33.0 Å². The predicted octanol–water partition coefficient (Wildman–Crippen LogP) is 2.76. The van der Waals surface area contributed by atoms with Gasteiger partial charge in [-0.1, -0.05) is 23.7 Å². The van der Waals surface area contributed by atoms with Crippen LogP contribution in [0.2, 0.25) is 5.02 Å². The van der Waals surface area contributed by atoms with E-state index in [2.05, 4.69) is 0 Å². The number of hydrogen-bond donors (Lipinski definition) is 0. The van der Waals surface area contributed by atoms with Crippen molar-refractivity contribution in [3.05, 3.63) is 63.7 Å². The Bertz CT molecular complexity index is 879. The number of piperazine rings is 1. The number of nitro benzene ring substituents is 1. The number of rotatable bonds is 4. The van der Waals surface area contributed by atoms with Gasteiger partial charge in [0.15, 0.2) is 0 Å². The average Bonchev–Trinajstić information content (AvgIpc) is 2.62. The zero-order valence-electron chi connectivity index (χ0n) is 13.2. The largest absolute Gasteiger partial charge is 0.368 e. The quantitative estimate of drug-likeness (QED) is 0.600. The van der Waals surface area contributed by atoms with Crippen LogP contribution in [0.15, 0.2) is 53.4 Å². The lowest BCUT2D eigenvalue weighted by molar-refractivity contribution is -0.384. The fourth-order valence-electron chi connectivity index (χ4n) is 2.77. The molecule has 0 bridgehead atoms. The van der Waals surface area contributed by atoms with Crippen LogP contribution in [0.1, 0.15) is 0 Å². The van der Waals surface area contributed by atoms with Gasteiger partial charge in [0.2, 0.25) is 10.0 Å². The van der Waals surface area contributed by atoms with E-state index in [9.17, 15) is 18.5 Å². The summed E-state index contributed by atoms with van der Waals surface area (Å²) in [6.45, 7) is 1.70. The maximum atomic E-state index is 12.7. The van der Waals surface area contributed by atoms with Gasteiger partial charge >= 0.3 is 0 Å². The van der Waals surface area contributed by atoms with E-state index in [1.54, 1.807) is 6.07 Å². The van der Waals surface area contributed by atoms with Crippen molar-refractivity contribution in [2.45, 2.75) is 4.90 Å². The highest BCUT2D eigenvalue weighted by atomic mass is 35.5. The first-order valence-corrected chi connectivity index (χ1v) is 9.45. The molecule has 132 valence electrons. The third-order valence-electron chi connectivity index (χ3n) is 4.12. The van der Waals surface area contributed by atoms with E-state index in [0.29, 0.717) is 31.2 Å². The number of anilines is 1. The summed E-state index contributed by atoms with van der Waals surface area (Å²) in [5.74, 6) is 0. The molecule has 1 aliphatic heterocycles. The van der Waals surface area contributed by atoms with Crippen LogP contribution in [-0.2, 0) is 10.0 Å². The first kappa shape index (κ1) is 17.7. The molecule has 0 aliphatic carbocycles. The Morgan fingerprint density at radius 1 is 0.960 bits per heavy atom. The van der Waals surface area contributed by atoms with Gasteiger partial charge in [0, 0.05) is 38.3 Å². The third kappa shape index (κ3) is 3.60. The second-order valence-corrected chi connectivity index (χ2v) is 7.94. The van der Waals surface area contributed by atoms with E-state index in [0.717, 1.165) is 5.69 Å². The fourth-order valence-corrected chi connectivity index (χ4v) is 4.44. The Morgan fingerprint density at radius 3 is 2.12 bits per heavy atom. The van der Waals surface area contributed by atoms with E-state index in [4.69, 9.17) is 11.6 Å². The summed E-state index contributed by atoms with van der Waals surface area (Å²) >= 11 is 6.19. The molecular formula is C16H16ClN3O4S. The van der Waals surface area contributed by atoms with Crippen LogP contribution in [0.25, 0.3) is 0 Å². The van der Waals surface area contributed by atoms with Gasteiger partial charge in [-0.15, -0.1) is 0 Å². The van der Waals surface area contributed by atoms with Gasteiger partial charge in [-0.05, 0) is 24.3 Å². The number of benzene rings is 2. The molecule has 0 saturated carbocycles. The van der Waals surface area contributed by atoms with Crippen molar-refractivity contribution in [2.24, 2.45) is 0 Å². The summed E-state index contributed by atoms with van der Waals surface area (Å²) < 4.78 is 26.8. The Kier molecular flexibility index (Phi) is 4.94. The number of para-hydroxylation sites is 1. The van der Waals surface area contributed by atoms with Crippen LogP contribution >= 0.6 is 11.6 Å². The van der Waals surface area contributed by atoms with Crippen LogP contribution in [0.4, 0.5) is 11.4 Å². The molecule has 1 aliphatic rings. The third-order valence-corrected chi connectivity index (χ3v) is 6.35. The van der Waals surface area contributed by atoms with Gasteiger partial charge in [-0.3, -0.25) is 10.1 Å². The maximum absolute atomic E-state index is 12.7. The average molecular weight is 382 g/mol. The smallest absolute Gasteiger partial charge is 0.269 e. The van der Waals surface area contributed by atoms with Crippen molar-refractivity contribution in [1.82, 2.24) is 4.31 Å². The Labute approximate surface area is 150 Å². The minimum Gasteiger partial charge on any atom is -0.368 e. The lowest BCUT2D eigenvalue weighted by Crippen LogP contribution is -2.48. The number of nitrogens with zero attached hydrogens (tertiary/aromatic N) is 3. The summed E-state index contributed by atoms with van der Waals surface area (Å²) in [5, 5.41) is 11.3. The maximum Gasteiger partial charge on any atom is 0.269 e. The van der Waals surface area contributed by atoms with Crippen molar-refractivity contribution in [1.29, 1.82) is 0 Å². The Morgan fingerprint density at radius 2 is 1.56 bits per heavy atom. The molecule has 0 atom stereocenters. The number of hydrogen-bond acceptors (Lipinski definition) is 5. The molecule has 3 rings (SSSR count). The van der Waals surface area contributed by atoms with E-state index < -0.39 is 14.9 Å². The van der Waals surface area contributed by atoms with Crippen molar-refractivity contribution in [3.8, 4) is 0 Å². The highest BCUT2D eigenvalue weighted by Gasteiger charge is 2.29. The highest BCUT2D eigenvalue weighted by molar-refractivity contribution is 7.89. The van der Waals surface area contributed by atoms with Gasteiger partial charge in [0.1, 0.15) is 0 Å².